The van der Waals surface area contributed by atoms with Crippen molar-refractivity contribution in [1.82, 2.24) is 5.32 Å². The third-order valence-electron chi connectivity index (χ3n) is 3.95. The zero-order valence-corrected chi connectivity index (χ0v) is 11.9. The molecule has 1 aliphatic carbocycles. The highest BCUT2D eigenvalue weighted by Crippen LogP contribution is 2.32. The lowest BCUT2D eigenvalue weighted by Crippen LogP contribution is -2.23. The van der Waals surface area contributed by atoms with Gasteiger partial charge < -0.3 is 10.1 Å². The van der Waals surface area contributed by atoms with Crippen molar-refractivity contribution < 1.29 is 4.74 Å². The summed E-state index contributed by atoms with van der Waals surface area (Å²) in [5.41, 5.74) is 2.45. The second kappa shape index (κ2) is 5.98. The lowest BCUT2D eigenvalue weighted by atomic mass is 9.94. The lowest BCUT2D eigenvalue weighted by molar-refractivity contribution is 0.351. The van der Waals surface area contributed by atoms with E-state index in [-0.39, 0.29) is 0 Å². The standard InChI is InChI=1S/C16H20ClNO/c17-15-8-13-6-7-19-16(13)14(9-15)11-18-10-12-4-2-1-3-5-12/h1-2,8-9,12,18H,3-7,10-11H2. The second-order valence-corrected chi connectivity index (χ2v) is 5.87. The molecule has 0 bridgehead atoms. The van der Waals surface area contributed by atoms with Crippen molar-refractivity contribution in [2.45, 2.75) is 32.2 Å². The maximum atomic E-state index is 6.16. The molecule has 1 aliphatic heterocycles. The van der Waals surface area contributed by atoms with Crippen molar-refractivity contribution in [2.75, 3.05) is 13.2 Å². The number of hydrogen-bond acceptors (Lipinski definition) is 2. The van der Waals surface area contributed by atoms with Crippen LogP contribution in [-0.4, -0.2) is 13.2 Å². The summed E-state index contributed by atoms with van der Waals surface area (Å²) in [6.45, 7) is 2.71. The summed E-state index contributed by atoms with van der Waals surface area (Å²) < 4.78 is 5.72. The van der Waals surface area contributed by atoms with Gasteiger partial charge in [-0.25, -0.2) is 0 Å². The van der Waals surface area contributed by atoms with E-state index in [1.807, 2.05) is 12.1 Å². The molecule has 1 atom stereocenters. The Balaban J connectivity index is 1.59. The predicted octanol–water partition coefficient (Wildman–Crippen LogP) is 3.72. The number of halogens is 1. The molecule has 3 heteroatoms. The Morgan fingerprint density at radius 3 is 3.11 bits per heavy atom. The summed E-state index contributed by atoms with van der Waals surface area (Å²) in [6.07, 6.45) is 9.30. The van der Waals surface area contributed by atoms with E-state index in [0.29, 0.717) is 0 Å². The number of allylic oxidation sites excluding steroid dienone is 2. The smallest absolute Gasteiger partial charge is 0.127 e. The second-order valence-electron chi connectivity index (χ2n) is 5.43. The van der Waals surface area contributed by atoms with Crippen molar-refractivity contribution in [3.8, 4) is 5.75 Å². The minimum atomic E-state index is 0.776. The van der Waals surface area contributed by atoms with Crippen LogP contribution in [0.15, 0.2) is 24.3 Å². The molecule has 19 heavy (non-hydrogen) atoms. The van der Waals surface area contributed by atoms with Gasteiger partial charge in [0.15, 0.2) is 0 Å². The molecule has 102 valence electrons. The van der Waals surface area contributed by atoms with E-state index < -0.39 is 0 Å². The van der Waals surface area contributed by atoms with Gasteiger partial charge in [0.25, 0.3) is 0 Å². The van der Waals surface area contributed by atoms with E-state index in [1.54, 1.807) is 0 Å². The quantitative estimate of drug-likeness (QED) is 0.847. The highest BCUT2D eigenvalue weighted by Gasteiger charge is 2.17. The molecule has 1 heterocycles. The van der Waals surface area contributed by atoms with Crippen molar-refractivity contribution in [1.29, 1.82) is 0 Å². The zero-order valence-electron chi connectivity index (χ0n) is 11.1. The Hall–Kier alpha value is -0.990. The van der Waals surface area contributed by atoms with Crippen LogP contribution >= 0.6 is 11.6 Å². The topological polar surface area (TPSA) is 21.3 Å². The van der Waals surface area contributed by atoms with E-state index in [4.69, 9.17) is 16.3 Å². The van der Waals surface area contributed by atoms with E-state index in [0.717, 1.165) is 42.8 Å². The molecule has 0 fully saturated rings. The first-order valence-corrected chi connectivity index (χ1v) is 7.50. The van der Waals surface area contributed by atoms with Crippen LogP contribution in [0.4, 0.5) is 0 Å². The maximum Gasteiger partial charge on any atom is 0.127 e. The Kier molecular flexibility index (Phi) is 4.09. The molecule has 1 aromatic carbocycles. The molecule has 2 aliphatic rings. The molecule has 3 rings (SSSR count). The van der Waals surface area contributed by atoms with Crippen LogP contribution in [0.2, 0.25) is 5.02 Å². The van der Waals surface area contributed by atoms with Crippen LogP contribution in [0.5, 0.6) is 5.75 Å². The first-order valence-electron chi connectivity index (χ1n) is 7.13. The van der Waals surface area contributed by atoms with Gasteiger partial charge in [-0.2, -0.15) is 0 Å². The highest BCUT2D eigenvalue weighted by atomic mass is 35.5. The van der Waals surface area contributed by atoms with Crippen molar-refractivity contribution in [3.05, 3.63) is 40.4 Å². The van der Waals surface area contributed by atoms with Gasteiger partial charge in [-0.3, -0.25) is 0 Å². The molecule has 0 amide bonds. The Bertz CT molecular complexity index is 484. The normalized spacial score (nSPS) is 21.2. The van der Waals surface area contributed by atoms with Crippen molar-refractivity contribution >= 4 is 11.6 Å². The largest absolute Gasteiger partial charge is 0.493 e. The van der Waals surface area contributed by atoms with Crippen LogP contribution in [0.3, 0.4) is 0 Å². The third kappa shape index (κ3) is 3.13. The predicted molar refractivity (Wildman–Crippen MR) is 78.8 cm³/mol. The molecule has 1 aromatic rings. The molecule has 0 saturated carbocycles. The van der Waals surface area contributed by atoms with Gasteiger partial charge in [-0.1, -0.05) is 23.8 Å². The fraction of sp³-hybridized carbons (Fsp3) is 0.500. The van der Waals surface area contributed by atoms with Gasteiger partial charge in [0.1, 0.15) is 5.75 Å². The van der Waals surface area contributed by atoms with Crippen molar-refractivity contribution in [2.24, 2.45) is 5.92 Å². The third-order valence-corrected chi connectivity index (χ3v) is 4.17. The number of rotatable bonds is 4. The zero-order chi connectivity index (χ0) is 13.1. The summed E-state index contributed by atoms with van der Waals surface area (Å²) in [6, 6.07) is 4.05. The SMILES string of the molecule is Clc1cc2c(c(CNCC3CC=CCC3)c1)OCC2. The molecule has 0 aromatic heterocycles. The Morgan fingerprint density at radius 2 is 2.26 bits per heavy atom. The van der Waals surface area contributed by atoms with Gasteiger partial charge in [0.05, 0.1) is 6.61 Å². The molecule has 2 nitrogen and oxygen atoms in total. The fourth-order valence-electron chi connectivity index (χ4n) is 2.93. The van der Waals surface area contributed by atoms with Crippen molar-refractivity contribution in [3.63, 3.8) is 0 Å². The first-order chi connectivity index (χ1) is 9.33. The summed E-state index contributed by atoms with van der Waals surface area (Å²) in [7, 11) is 0. The van der Waals surface area contributed by atoms with Crippen LogP contribution in [0, 0.1) is 5.92 Å². The van der Waals surface area contributed by atoms with Crippen LogP contribution < -0.4 is 10.1 Å². The molecule has 0 saturated heterocycles. The summed E-state index contributed by atoms with van der Waals surface area (Å²) in [5.74, 6) is 1.83. The van der Waals surface area contributed by atoms with E-state index in [1.165, 1.54) is 30.4 Å². The monoisotopic (exact) mass is 277 g/mol. The van der Waals surface area contributed by atoms with Gasteiger partial charge in [-0.05, 0) is 49.4 Å². The lowest BCUT2D eigenvalue weighted by Gasteiger charge is -2.18. The number of nitrogens with one attached hydrogen (secondary N) is 1. The van der Waals surface area contributed by atoms with Gasteiger partial charge in [0.2, 0.25) is 0 Å². The summed E-state index contributed by atoms with van der Waals surface area (Å²) in [4.78, 5) is 0. The maximum absolute atomic E-state index is 6.16. The fourth-order valence-corrected chi connectivity index (χ4v) is 3.19. The van der Waals surface area contributed by atoms with Gasteiger partial charge in [0, 0.05) is 23.6 Å². The van der Waals surface area contributed by atoms with E-state index in [9.17, 15) is 0 Å². The molecule has 1 unspecified atom stereocenters. The van der Waals surface area contributed by atoms with Crippen LogP contribution in [-0.2, 0) is 13.0 Å². The first kappa shape index (κ1) is 13.0. The number of ether oxygens (including phenoxy) is 1. The van der Waals surface area contributed by atoms with Gasteiger partial charge in [-0.15, -0.1) is 0 Å². The number of hydrogen-bond donors (Lipinski definition) is 1. The number of fused-ring (bicyclic) bond motifs is 1. The van der Waals surface area contributed by atoms with Gasteiger partial charge >= 0.3 is 0 Å². The average molecular weight is 278 g/mol. The minimum absolute atomic E-state index is 0.776. The highest BCUT2D eigenvalue weighted by molar-refractivity contribution is 6.30. The summed E-state index contributed by atoms with van der Waals surface area (Å²) >= 11 is 6.16. The van der Waals surface area contributed by atoms with E-state index >= 15 is 0 Å². The Labute approximate surface area is 119 Å². The molecular weight excluding hydrogens is 258 g/mol. The van der Waals surface area contributed by atoms with Crippen LogP contribution in [0.25, 0.3) is 0 Å². The van der Waals surface area contributed by atoms with Crippen LogP contribution in [0.1, 0.15) is 30.4 Å². The molecule has 1 N–H and O–H groups in total. The van der Waals surface area contributed by atoms with E-state index in [2.05, 4.69) is 17.5 Å². The minimum Gasteiger partial charge on any atom is -0.493 e. The molecule has 0 radical (unpaired) electrons. The summed E-state index contributed by atoms with van der Waals surface area (Å²) in [5, 5.41) is 4.38. The number of benzene rings is 1. The molecule has 0 spiro atoms. The molecular formula is C16H20ClNO. The Morgan fingerprint density at radius 1 is 1.32 bits per heavy atom. The average Bonchev–Trinajstić information content (AvgIpc) is 2.88.